The van der Waals surface area contributed by atoms with Gasteiger partial charge in [-0.05, 0) is 52.6 Å². The number of piperidine rings is 1. The normalized spacial score (nSPS) is 20.7. The Morgan fingerprint density at radius 2 is 1.94 bits per heavy atom. The maximum Gasteiger partial charge on any atom is 0.255 e. The van der Waals surface area contributed by atoms with Crippen LogP contribution in [0, 0.1) is 0 Å². The van der Waals surface area contributed by atoms with Gasteiger partial charge in [0.25, 0.3) is 5.91 Å². The highest BCUT2D eigenvalue weighted by atomic mass is 16.2. The van der Waals surface area contributed by atoms with E-state index >= 15 is 0 Å². The highest BCUT2D eigenvalue weighted by Crippen LogP contribution is 2.31. The lowest BCUT2D eigenvalue weighted by Crippen LogP contribution is -2.52. The molecule has 4 heterocycles. The van der Waals surface area contributed by atoms with E-state index in [9.17, 15) is 14.4 Å². The molecule has 1 atom stereocenters. The monoisotopic (exact) mass is 466 g/mol. The predicted octanol–water partition coefficient (Wildman–Crippen LogP) is 3.29. The summed E-state index contributed by atoms with van der Waals surface area (Å²) in [5.41, 5.74) is 5.43. The van der Waals surface area contributed by atoms with Crippen LogP contribution in [-0.4, -0.2) is 51.6 Å². The van der Waals surface area contributed by atoms with Crippen molar-refractivity contribution in [3.05, 3.63) is 83.2 Å². The van der Waals surface area contributed by atoms with Crippen LogP contribution >= 0.6 is 0 Å². The van der Waals surface area contributed by atoms with Gasteiger partial charge in [-0.15, -0.1) is 0 Å². The van der Waals surface area contributed by atoms with Crippen LogP contribution in [-0.2, 0) is 22.7 Å². The molecule has 0 aliphatic carbocycles. The van der Waals surface area contributed by atoms with Crippen LogP contribution < -0.4 is 5.32 Å². The summed E-state index contributed by atoms with van der Waals surface area (Å²) in [7, 11) is 0. The molecule has 35 heavy (non-hydrogen) atoms. The van der Waals surface area contributed by atoms with E-state index in [-0.39, 0.29) is 24.1 Å². The van der Waals surface area contributed by atoms with Crippen molar-refractivity contribution in [2.75, 3.05) is 13.1 Å². The quantitative estimate of drug-likeness (QED) is 0.597. The molecule has 0 bridgehead atoms. The number of hydrogen-bond donors (Lipinski definition) is 1. The highest BCUT2D eigenvalue weighted by Gasteiger charge is 2.39. The van der Waals surface area contributed by atoms with E-state index in [1.54, 1.807) is 4.90 Å². The molecule has 7 heteroatoms. The summed E-state index contributed by atoms with van der Waals surface area (Å²) < 4.78 is 0. The first-order valence-electron chi connectivity index (χ1n) is 12.1. The molecule has 1 unspecified atom stereocenters. The van der Waals surface area contributed by atoms with Crippen LogP contribution in [0.4, 0.5) is 0 Å². The number of nitrogens with one attached hydrogen (secondary N) is 1. The van der Waals surface area contributed by atoms with Crippen molar-refractivity contribution in [1.29, 1.82) is 0 Å². The van der Waals surface area contributed by atoms with Crippen molar-refractivity contribution in [3.8, 4) is 0 Å². The van der Waals surface area contributed by atoms with Gasteiger partial charge in [-0.3, -0.25) is 29.6 Å². The zero-order valence-electron chi connectivity index (χ0n) is 19.4. The molecular weight excluding hydrogens is 440 g/mol. The van der Waals surface area contributed by atoms with E-state index in [0.717, 1.165) is 42.6 Å². The van der Waals surface area contributed by atoms with Crippen molar-refractivity contribution in [3.63, 3.8) is 0 Å². The van der Waals surface area contributed by atoms with Crippen molar-refractivity contribution in [1.82, 2.24) is 20.1 Å². The predicted molar refractivity (Wildman–Crippen MR) is 132 cm³/mol. The van der Waals surface area contributed by atoms with E-state index in [2.05, 4.69) is 51.6 Å². The topological polar surface area (TPSA) is 82.6 Å². The van der Waals surface area contributed by atoms with Crippen LogP contribution in [0.5, 0.6) is 0 Å². The van der Waals surface area contributed by atoms with E-state index in [0.29, 0.717) is 18.5 Å². The van der Waals surface area contributed by atoms with Gasteiger partial charge in [0, 0.05) is 55.9 Å². The number of carbonyl (C=O) groups excluding carboxylic acids is 3. The smallest absolute Gasteiger partial charge is 0.255 e. The van der Waals surface area contributed by atoms with Gasteiger partial charge in [0.05, 0.1) is 0 Å². The lowest BCUT2D eigenvalue weighted by molar-refractivity contribution is -0.136. The van der Waals surface area contributed by atoms with E-state index in [1.165, 1.54) is 16.5 Å². The Balaban J connectivity index is 1.15. The molecule has 0 spiro atoms. The molecule has 7 nitrogen and oxygen atoms in total. The first kappa shape index (κ1) is 21.7. The van der Waals surface area contributed by atoms with Gasteiger partial charge >= 0.3 is 0 Å². The molecule has 6 rings (SSSR count). The van der Waals surface area contributed by atoms with Crippen LogP contribution in [0.2, 0.25) is 0 Å². The molecule has 1 N–H and O–H groups in total. The SMILES string of the molecule is O=C1CCC(N2Cc3cc(CN4CC=C(c5cccc6cnccc56)CC4)ccc3C2=O)C(=O)N1. The fourth-order valence-electron chi connectivity index (χ4n) is 5.49. The Morgan fingerprint density at radius 1 is 1.03 bits per heavy atom. The van der Waals surface area contributed by atoms with Gasteiger partial charge in [-0.2, -0.15) is 0 Å². The minimum atomic E-state index is -0.577. The number of rotatable bonds is 4. The summed E-state index contributed by atoms with van der Waals surface area (Å²) in [5, 5.41) is 4.76. The second-order valence-electron chi connectivity index (χ2n) is 9.51. The summed E-state index contributed by atoms with van der Waals surface area (Å²) in [4.78, 5) is 44.9. The van der Waals surface area contributed by atoms with Crippen molar-refractivity contribution < 1.29 is 14.4 Å². The summed E-state index contributed by atoms with van der Waals surface area (Å²) in [6.07, 6.45) is 7.71. The van der Waals surface area contributed by atoms with Crippen LogP contribution in [0.1, 0.15) is 46.3 Å². The number of carbonyl (C=O) groups is 3. The minimum Gasteiger partial charge on any atom is -0.322 e. The summed E-state index contributed by atoms with van der Waals surface area (Å²) in [6.45, 7) is 3.05. The van der Waals surface area contributed by atoms with Gasteiger partial charge in [-0.25, -0.2) is 0 Å². The fraction of sp³-hybridized carbons (Fsp3) is 0.286. The van der Waals surface area contributed by atoms with Crippen LogP contribution in [0.25, 0.3) is 16.3 Å². The van der Waals surface area contributed by atoms with Gasteiger partial charge in [0.2, 0.25) is 11.8 Å². The van der Waals surface area contributed by atoms with Gasteiger partial charge in [0.15, 0.2) is 0 Å². The number of pyridine rings is 1. The fourth-order valence-corrected chi connectivity index (χ4v) is 5.49. The van der Waals surface area contributed by atoms with E-state index in [1.807, 2.05) is 24.5 Å². The number of hydrogen-bond acceptors (Lipinski definition) is 5. The first-order valence-corrected chi connectivity index (χ1v) is 12.1. The number of fused-ring (bicyclic) bond motifs is 2. The molecule has 3 aromatic rings. The zero-order chi connectivity index (χ0) is 23.9. The van der Waals surface area contributed by atoms with Gasteiger partial charge < -0.3 is 4.90 Å². The third kappa shape index (κ3) is 4.02. The van der Waals surface area contributed by atoms with Crippen molar-refractivity contribution >= 4 is 34.1 Å². The maximum atomic E-state index is 12.9. The van der Waals surface area contributed by atoms with Crippen LogP contribution in [0.15, 0.2) is 60.9 Å². The average Bonchev–Trinajstić information content (AvgIpc) is 3.19. The molecule has 1 saturated heterocycles. The molecule has 3 aliphatic rings. The molecule has 1 fully saturated rings. The third-order valence-electron chi connectivity index (χ3n) is 7.31. The number of aromatic nitrogens is 1. The average molecular weight is 467 g/mol. The molecule has 0 radical (unpaired) electrons. The second-order valence-corrected chi connectivity index (χ2v) is 9.51. The molecule has 176 valence electrons. The van der Waals surface area contributed by atoms with Crippen LogP contribution in [0.3, 0.4) is 0 Å². The Bertz CT molecular complexity index is 1390. The van der Waals surface area contributed by atoms with Crippen molar-refractivity contribution in [2.45, 2.75) is 38.4 Å². The number of benzene rings is 2. The molecule has 2 aromatic carbocycles. The number of nitrogens with zero attached hydrogens (tertiary/aromatic N) is 3. The Hall–Kier alpha value is -3.84. The molecule has 3 amide bonds. The van der Waals surface area contributed by atoms with Crippen molar-refractivity contribution in [2.24, 2.45) is 0 Å². The number of amides is 3. The highest BCUT2D eigenvalue weighted by molar-refractivity contribution is 6.05. The van der Waals surface area contributed by atoms with Gasteiger partial charge in [0.1, 0.15) is 6.04 Å². The Kier molecular flexibility index (Phi) is 5.41. The van der Waals surface area contributed by atoms with Gasteiger partial charge in [-0.1, -0.05) is 36.4 Å². The number of imide groups is 1. The summed E-state index contributed by atoms with van der Waals surface area (Å²) >= 11 is 0. The lowest BCUT2D eigenvalue weighted by Gasteiger charge is -2.29. The molecule has 0 saturated carbocycles. The van der Waals surface area contributed by atoms with E-state index in [4.69, 9.17) is 0 Å². The first-order chi connectivity index (χ1) is 17.1. The maximum absolute atomic E-state index is 12.9. The minimum absolute atomic E-state index is 0.128. The van der Waals surface area contributed by atoms with E-state index < -0.39 is 6.04 Å². The molecular formula is C28H26N4O3. The standard InChI is InChI=1S/C28H26N4O3/c33-26-7-6-25(27(34)30-26)32-17-21-14-18(4-5-24(21)28(32)35)16-31-12-9-19(10-13-31)22-3-1-2-20-15-29-11-8-23(20)22/h1-5,8-9,11,14-15,25H,6-7,10,12-13,16-17H2,(H,30,33,34). The zero-order valence-corrected chi connectivity index (χ0v) is 19.4. The Morgan fingerprint density at radius 3 is 2.77 bits per heavy atom. The molecule has 1 aromatic heterocycles. The summed E-state index contributed by atoms with van der Waals surface area (Å²) in [6, 6.07) is 13.9. The lowest BCUT2D eigenvalue weighted by atomic mass is 9.95. The Labute approximate surface area is 203 Å². The largest absolute Gasteiger partial charge is 0.322 e. The summed E-state index contributed by atoms with van der Waals surface area (Å²) in [5.74, 6) is -0.772. The third-order valence-corrected chi connectivity index (χ3v) is 7.31. The second kappa shape index (κ2) is 8.74. The molecule has 3 aliphatic heterocycles.